The van der Waals surface area contributed by atoms with Crippen LogP contribution in [0.1, 0.15) is 18.4 Å². The minimum absolute atomic E-state index is 0.0445. The number of rotatable bonds is 6. The molecular formula is C11H16O5S. The zero-order valence-corrected chi connectivity index (χ0v) is 10.4. The van der Waals surface area contributed by atoms with E-state index in [0.717, 1.165) is 0 Å². The van der Waals surface area contributed by atoms with E-state index in [1.54, 1.807) is 25.1 Å². The molecule has 0 bridgehead atoms. The highest BCUT2D eigenvalue weighted by molar-refractivity contribution is 7.86. The number of aliphatic hydroxyl groups excluding tert-OH is 2. The lowest BCUT2D eigenvalue weighted by Gasteiger charge is -2.12. The van der Waals surface area contributed by atoms with Gasteiger partial charge in [-0.3, -0.25) is 0 Å². The molecule has 0 fully saturated rings. The molecule has 0 heterocycles. The van der Waals surface area contributed by atoms with Crippen molar-refractivity contribution in [3.05, 3.63) is 29.8 Å². The highest BCUT2D eigenvalue weighted by Crippen LogP contribution is 2.18. The smallest absolute Gasteiger partial charge is 0.299 e. The van der Waals surface area contributed by atoms with Crippen LogP contribution in [-0.2, 0) is 14.3 Å². The summed E-state index contributed by atoms with van der Waals surface area (Å²) in [5.74, 6) is 0. The minimum atomic E-state index is -3.95. The summed E-state index contributed by atoms with van der Waals surface area (Å²) < 4.78 is 28.2. The Hall–Kier alpha value is -0.950. The maximum atomic E-state index is 11.8. The molecule has 0 aliphatic rings. The summed E-state index contributed by atoms with van der Waals surface area (Å²) in [6, 6.07) is 6.37. The van der Waals surface area contributed by atoms with Crippen molar-refractivity contribution in [1.29, 1.82) is 0 Å². The van der Waals surface area contributed by atoms with Gasteiger partial charge in [-0.2, -0.15) is 8.42 Å². The zero-order valence-electron chi connectivity index (χ0n) is 9.54. The average Bonchev–Trinajstić information content (AvgIpc) is 2.26. The Labute approximate surface area is 101 Å². The predicted octanol–water partition coefficient (Wildman–Crippen LogP) is 0.791. The Morgan fingerprint density at radius 2 is 2.00 bits per heavy atom. The molecule has 0 aliphatic heterocycles. The Balaban J connectivity index is 2.79. The van der Waals surface area contributed by atoms with E-state index in [9.17, 15) is 13.5 Å². The van der Waals surface area contributed by atoms with Gasteiger partial charge in [0.2, 0.25) is 0 Å². The van der Waals surface area contributed by atoms with Crippen LogP contribution < -0.4 is 0 Å². The van der Waals surface area contributed by atoms with E-state index in [2.05, 4.69) is 4.18 Å². The summed E-state index contributed by atoms with van der Waals surface area (Å²) in [5.41, 5.74) is 0.557. The van der Waals surface area contributed by atoms with Crippen LogP contribution in [-0.4, -0.2) is 31.5 Å². The first kappa shape index (κ1) is 14.1. The maximum Gasteiger partial charge on any atom is 0.299 e. The quantitative estimate of drug-likeness (QED) is 0.583. The molecule has 0 saturated carbocycles. The molecule has 1 aromatic carbocycles. The van der Waals surface area contributed by atoms with E-state index in [4.69, 9.17) is 5.11 Å². The van der Waals surface area contributed by atoms with Crippen molar-refractivity contribution in [1.82, 2.24) is 0 Å². The first-order valence-electron chi connectivity index (χ1n) is 5.25. The first-order valence-corrected chi connectivity index (χ1v) is 6.66. The molecule has 0 saturated heterocycles. The van der Waals surface area contributed by atoms with Crippen LogP contribution in [0, 0.1) is 6.92 Å². The summed E-state index contributed by atoms with van der Waals surface area (Å²) in [6.07, 6.45) is -1.07. The Kier molecular flexibility index (Phi) is 5.07. The second kappa shape index (κ2) is 6.11. The van der Waals surface area contributed by atoms with Crippen LogP contribution >= 0.6 is 0 Å². The lowest BCUT2D eigenvalue weighted by Crippen LogP contribution is -2.19. The van der Waals surface area contributed by atoms with Crippen molar-refractivity contribution in [3.8, 4) is 0 Å². The Morgan fingerprint density at radius 3 is 2.59 bits per heavy atom. The molecule has 2 N–H and O–H groups in total. The molecule has 5 nitrogen and oxygen atoms in total. The van der Waals surface area contributed by atoms with E-state index < -0.39 is 16.4 Å². The van der Waals surface area contributed by atoms with Gasteiger partial charge in [-0.25, -0.2) is 4.18 Å². The molecule has 1 rings (SSSR count). The van der Waals surface area contributed by atoms with E-state index in [1.807, 2.05) is 0 Å². The summed E-state index contributed by atoms with van der Waals surface area (Å²) in [5, 5.41) is 17.9. The lowest BCUT2D eigenvalue weighted by atomic mass is 10.2. The van der Waals surface area contributed by atoms with E-state index in [-0.39, 0.29) is 24.3 Å². The van der Waals surface area contributed by atoms with Gasteiger partial charge < -0.3 is 10.2 Å². The van der Waals surface area contributed by atoms with Gasteiger partial charge in [-0.1, -0.05) is 18.2 Å². The second-order valence-corrected chi connectivity index (χ2v) is 5.18. The van der Waals surface area contributed by atoms with Gasteiger partial charge in [0.15, 0.2) is 6.29 Å². The molecule has 0 radical (unpaired) electrons. The fourth-order valence-corrected chi connectivity index (χ4v) is 2.55. The highest BCUT2D eigenvalue weighted by Gasteiger charge is 2.21. The third kappa shape index (κ3) is 4.08. The van der Waals surface area contributed by atoms with Crippen molar-refractivity contribution in [2.45, 2.75) is 31.0 Å². The predicted molar refractivity (Wildman–Crippen MR) is 61.8 cm³/mol. The number of hydrogen-bond acceptors (Lipinski definition) is 5. The standard InChI is InChI=1S/C11H16O5S/c1-9-5-2-3-6-10(9)17(14,15)16-11(13)7-4-8-12/h2-3,5-6,11-13H,4,7-8H2,1H3. The van der Waals surface area contributed by atoms with Gasteiger partial charge >= 0.3 is 0 Å². The minimum Gasteiger partial charge on any atom is -0.396 e. The van der Waals surface area contributed by atoms with Crippen LogP contribution in [0.15, 0.2) is 29.2 Å². The SMILES string of the molecule is Cc1ccccc1S(=O)(=O)OC(O)CCCO. The van der Waals surface area contributed by atoms with Crippen molar-refractivity contribution < 1.29 is 22.8 Å². The molecule has 1 aromatic rings. The summed E-state index contributed by atoms with van der Waals surface area (Å²) in [4.78, 5) is 0.0445. The topological polar surface area (TPSA) is 83.8 Å². The normalized spacial score (nSPS) is 13.6. The van der Waals surface area contributed by atoms with Gasteiger partial charge in [0.1, 0.15) is 0 Å². The van der Waals surface area contributed by atoms with Gasteiger partial charge in [0.05, 0.1) is 4.90 Å². The Bertz CT molecular complexity index is 455. The molecule has 96 valence electrons. The van der Waals surface area contributed by atoms with Crippen LogP contribution in [0.3, 0.4) is 0 Å². The summed E-state index contributed by atoms with van der Waals surface area (Å²) in [6.45, 7) is 1.53. The van der Waals surface area contributed by atoms with Crippen molar-refractivity contribution in [2.24, 2.45) is 0 Å². The average molecular weight is 260 g/mol. The number of aliphatic hydroxyl groups is 2. The van der Waals surface area contributed by atoms with Crippen molar-refractivity contribution >= 4 is 10.1 Å². The lowest BCUT2D eigenvalue weighted by molar-refractivity contribution is -0.0216. The van der Waals surface area contributed by atoms with Crippen molar-refractivity contribution in [3.63, 3.8) is 0 Å². The summed E-state index contributed by atoms with van der Waals surface area (Å²) >= 11 is 0. The fourth-order valence-electron chi connectivity index (χ4n) is 1.35. The summed E-state index contributed by atoms with van der Waals surface area (Å²) in [7, 11) is -3.95. The molecule has 0 spiro atoms. The molecule has 1 unspecified atom stereocenters. The number of aryl methyl sites for hydroxylation is 1. The molecule has 0 aromatic heterocycles. The molecule has 1 atom stereocenters. The first-order chi connectivity index (χ1) is 7.97. The monoisotopic (exact) mass is 260 g/mol. The van der Waals surface area contributed by atoms with Gasteiger partial charge in [0, 0.05) is 13.0 Å². The maximum absolute atomic E-state index is 11.8. The van der Waals surface area contributed by atoms with E-state index >= 15 is 0 Å². The molecule has 0 aliphatic carbocycles. The molecule has 6 heteroatoms. The van der Waals surface area contributed by atoms with Gasteiger partial charge in [0.25, 0.3) is 10.1 Å². The highest BCUT2D eigenvalue weighted by atomic mass is 32.2. The second-order valence-electron chi connectivity index (χ2n) is 3.64. The van der Waals surface area contributed by atoms with Crippen LogP contribution in [0.25, 0.3) is 0 Å². The fraction of sp³-hybridized carbons (Fsp3) is 0.455. The van der Waals surface area contributed by atoms with Crippen LogP contribution in [0.2, 0.25) is 0 Å². The largest absolute Gasteiger partial charge is 0.396 e. The number of benzene rings is 1. The molecule has 0 amide bonds. The van der Waals surface area contributed by atoms with Crippen LogP contribution in [0.5, 0.6) is 0 Å². The molecular weight excluding hydrogens is 244 g/mol. The molecule has 17 heavy (non-hydrogen) atoms. The Morgan fingerprint density at radius 1 is 1.35 bits per heavy atom. The number of hydrogen-bond donors (Lipinski definition) is 2. The van der Waals surface area contributed by atoms with Gasteiger partial charge in [-0.15, -0.1) is 0 Å². The van der Waals surface area contributed by atoms with E-state index in [0.29, 0.717) is 5.56 Å². The van der Waals surface area contributed by atoms with E-state index in [1.165, 1.54) is 6.07 Å². The van der Waals surface area contributed by atoms with Gasteiger partial charge in [-0.05, 0) is 25.0 Å². The zero-order chi connectivity index (χ0) is 12.9. The third-order valence-electron chi connectivity index (χ3n) is 2.21. The van der Waals surface area contributed by atoms with Crippen LogP contribution in [0.4, 0.5) is 0 Å². The third-order valence-corrected chi connectivity index (χ3v) is 3.68. The van der Waals surface area contributed by atoms with Crippen molar-refractivity contribution in [2.75, 3.05) is 6.61 Å².